The summed E-state index contributed by atoms with van der Waals surface area (Å²) in [4.78, 5) is 0. The minimum Gasteiger partial charge on any atom is -0.315 e. The van der Waals surface area contributed by atoms with E-state index in [-0.39, 0.29) is 0 Å². The topological polar surface area (TPSA) is 52.7 Å². The summed E-state index contributed by atoms with van der Waals surface area (Å²) in [7, 11) is 0. The molecule has 0 bridgehead atoms. The summed E-state index contributed by atoms with van der Waals surface area (Å²) in [5.74, 6) is 0. The molecule has 1 aromatic rings. The molecule has 0 amide bonds. The molecule has 0 unspecified atom stereocenters. The van der Waals surface area contributed by atoms with Crippen LogP contribution in [-0.2, 0) is 6.54 Å². The van der Waals surface area contributed by atoms with Crippen molar-refractivity contribution < 1.29 is 0 Å². The maximum atomic E-state index is 3.97. The molecule has 0 aliphatic carbocycles. The van der Waals surface area contributed by atoms with Crippen LogP contribution in [-0.4, -0.2) is 29.8 Å². The SMILES string of the molecule is CCCNCCNCc1cn[nH]c1C. The summed E-state index contributed by atoms with van der Waals surface area (Å²) < 4.78 is 0. The second-order valence-electron chi connectivity index (χ2n) is 3.45. The first-order valence-electron chi connectivity index (χ1n) is 5.25. The molecule has 0 aliphatic rings. The maximum absolute atomic E-state index is 3.97. The highest BCUT2D eigenvalue weighted by Gasteiger charge is 1.97. The molecule has 0 saturated heterocycles. The first kappa shape index (κ1) is 11.2. The molecular weight excluding hydrogens is 176 g/mol. The number of rotatable bonds is 7. The monoisotopic (exact) mass is 196 g/mol. The van der Waals surface area contributed by atoms with Crippen molar-refractivity contribution in [3.05, 3.63) is 17.5 Å². The average molecular weight is 196 g/mol. The minimum absolute atomic E-state index is 0.899. The highest BCUT2D eigenvalue weighted by molar-refractivity contribution is 5.13. The summed E-state index contributed by atoms with van der Waals surface area (Å²) in [6.07, 6.45) is 3.07. The van der Waals surface area contributed by atoms with Crippen LogP contribution in [0.15, 0.2) is 6.20 Å². The zero-order chi connectivity index (χ0) is 10.2. The van der Waals surface area contributed by atoms with Crippen molar-refractivity contribution in [2.24, 2.45) is 0 Å². The fourth-order valence-electron chi connectivity index (χ4n) is 1.26. The van der Waals surface area contributed by atoms with Crippen LogP contribution >= 0.6 is 0 Å². The molecule has 4 heteroatoms. The van der Waals surface area contributed by atoms with Gasteiger partial charge in [-0.25, -0.2) is 0 Å². The van der Waals surface area contributed by atoms with Gasteiger partial charge in [0.15, 0.2) is 0 Å². The minimum atomic E-state index is 0.899. The summed E-state index contributed by atoms with van der Waals surface area (Å²) in [5.41, 5.74) is 2.40. The molecule has 0 spiro atoms. The van der Waals surface area contributed by atoms with E-state index < -0.39 is 0 Å². The van der Waals surface area contributed by atoms with Crippen molar-refractivity contribution >= 4 is 0 Å². The Morgan fingerprint density at radius 3 is 2.71 bits per heavy atom. The lowest BCUT2D eigenvalue weighted by Crippen LogP contribution is -2.27. The van der Waals surface area contributed by atoms with Gasteiger partial charge in [0.2, 0.25) is 0 Å². The van der Waals surface area contributed by atoms with Gasteiger partial charge in [0.05, 0.1) is 6.20 Å². The van der Waals surface area contributed by atoms with Gasteiger partial charge in [-0.15, -0.1) is 0 Å². The Morgan fingerprint density at radius 1 is 1.29 bits per heavy atom. The lowest BCUT2D eigenvalue weighted by molar-refractivity contribution is 0.606. The summed E-state index contributed by atoms with van der Waals surface area (Å²) in [5, 5.41) is 13.6. The van der Waals surface area contributed by atoms with Crippen LogP contribution in [0.5, 0.6) is 0 Å². The molecular formula is C10H20N4. The van der Waals surface area contributed by atoms with Crippen molar-refractivity contribution in [1.82, 2.24) is 20.8 Å². The second kappa shape index (κ2) is 6.56. The van der Waals surface area contributed by atoms with Gasteiger partial charge < -0.3 is 10.6 Å². The van der Waals surface area contributed by atoms with E-state index in [0.29, 0.717) is 0 Å². The molecule has 1 heterocycles. The number of H-pyrrole nitrogens is 1. The van der Waals surface area contributed by atoms with Crippen molar-refractivity contribution in [3.8, 4) is 0 Å². The van der Waals surface area contributed by atoms with Gasteiger partial charge in [-0.1, -0.05) is 6.92 Å². The summed E-state index contributed by atoms with van der Waals surface area (Å²) in [6.45, 7) is 8.26. The fourth-order valence-corrected chi connectivity index (χ4v) is 1.26. The Kier molecular flexibility index (Phi) is 5.25. The van der Waals surface area contributed by atoms with Crippen LogP contribution in [0, 0.1) is 6.92 Å². The molecule has 0 saturated carbocycles. The Balaban J connectivity index is 2.02. The van der Waals surface area contributed by atoms with E-state index in [2.05, 4.69) is 27.8 Å². The Hall–Kier alpha value is -0.870. The number of aromatic nitrogens is 2. The molecule has 4 nitrogen and oxygen atoms in total. The van der Waals surface area contributed by atoms with Crippen LogP contribution in [0.1, 0.15) is 24.6 Å². The number of aromatic amines is 1. The third kappa shape index (κ3) is 3.89. The molecule has 14 heavy (non-hydrogen) atoms. The molecule has 1 rings (SSSR count). The van der Waals surface area contributed by atoms with E-state index in [9.17, 15) is 0 Å². The van der Waals surface area contributed by atoms with Gasteiger partial charge in [0.25, 0.3) is 0 Å². The zero-order valence-electron chi connectivity index (χ0n) is 9.06. The number of hydrogen-bond donors (Lipinski definition) is 3. The highest BCUT2D eigenvalue weighted by atomic mass is 15.1. The number of hydrogen-bond acceptors (Lipinski definition) is 3. The molecule has 0 radical (unpaired) electrons. The lowest BCUT2D eigenvalue weighted by Gasteiger charge is -2.04. The highest BCUT2D eigenvalue weighted by Crippen LogP contribution is 2.00. The molecule has 0 aliphatic heterocycles. The van der Waals surface area contributed by atoms with Crippen molar-refractivity contribution in [2.75, 3.05) is 19.6 Å². The van der Waals surface area contributed by atoms with E-state index in [0.717, 1.165) is 31.9 Å². The third-order valence-corrected chi connectivity index (χ3v) is 2.16. The largest absolute Gasteiger partial charge is 0.315 e. The first-order chi connectivity index (χ1) is 6.84. The number of nitrogens with zero attached hydrogens (tertiary/aromatic N) is 1. The fraction of sp³-hybridized carbons (Fsp3) is 0.700. The molecule has 0 fully saturated rings. The van der Waals surface area contributed by atoms with Crippen molar-refractivity contribution in [2.45, 2.75) is 26.8 Å². The predicted octanol–water partition coefficient (Wildman–Crippen LogP) is 0.807. The van der Waals surface area contributed by atoms with E-state index in [1.54, 1.807) is 0 Å². The van der Waals surface area contributed by atoms with Crippen LogP contribution in [0.3, 0.4) is 0 Å². The number of nitrogens with one attached hydrogen (secondary N) is 3. The Bertz CT molecular complexity index is 244. The van der Waals surface area contributed by atoms with Crippen LogP contribution in [0.2, 0.25) is 0 Å². The molecule has 1 aromatic heterocycles. The van der Waals surface area contributed by atoms with E-state index >= 15 is 0 Å². The van der Waals surface area contributed by atoms with Gasteiger partial charge in [-0.05, 0) is 19.9 Å². The number of aryl methyl sites for hydroxylation is 1. The Morgan fingerprint density at radius 2 is 2.07 bits per heavy atom. The second-order valence-corrected chi connectivity index (χ2v) is 3.45. The Labute approximate surface area is 85.5 Å². The molecule has 3 N–H and O–H groups in total. The summed E-state index contributed by atoms with van der Waals surface area (Å²) >= 11 is 0. The van der Waals surface area contributed by atoms with Crippen LogP contribution in [0.25, 0.3) is 0 Å². The third-order valence-electron chi connectivity index (χ3n) is 2.16. The van der Waals surface area contributed by atoms with Crippen LogP contribution in [0.4, 0.5) is 0 Å². The van der Waals surface area contributed by atoms with Crippen molar-refractivity contribution in [1.29, 1.82) is 0 Å². The van der Waals surface area contributed by atoms with E-state index in [4.69, 9.17) is 0 Å². The van der Waals surface area contributed by atoms with Gasteiger partial charge in [-0.3, -0.25) is 5.10 Å². The smallest absolute Gasteiger partial charge is 0.0535 e. The average Bonchev–Trinajstić information content (AvgIpc) is 2.58. The van der Waals surface area contributed by atoms with Gasteiger partial charge in [-0.2, -0.15) is 5.10 Å². The standard InChI is InChI=1S/C10H20N4/c1-3-4-11-5-6-12-7-10-8-13-14-9(10)2/h8,11-12H,3-7H2,1-2H3,(H,13,14). The summed E-state index contributed by atoms with van der Waals surface area (Å²) in [6, 6.07) is 0. The molecule has 0 aromatic carbocycles. The van der Waals surface area contributed by atoms with Crippen LogP contribution < -0.4 is 10.6 Å². The molecule has 80 valence electrons. The predicted molar refractivity (Wildman–Crippen MR) is 58.2 cm³/mol. The normalized spacial score (nSPS) is 10.7. The van der Waals surface area contributed by atoms with Crippen molar-refractivity contribution in [3.63, 3.8) is 0 Å². The zero-order valence-corrected chi connectivity index (χ0v) is 9.06. The maximum Gasteiger partial charge on any atom is 0.0535 e. The lowest BCUT2D eigenvalue weighted by atomic mass is 10.2. The van der Waals surface area contributed by atoms with Gasteiger partial charge >= 0.3 is 0 Å². The first-order valence-corrected chi connectivity index (χ1v) is 5.25. The van der Waals surface area contributed by atoms with E-state index in [1.807, 2.05) is 13.1 Å². The van der Waals surface area contributed by atoms with Gasteiger partial charge in [0.1, 0.15) is 0 Å². The van der Waals surface area contributed by atoms with E-state index in [1.165, 1.54) is 12.0 Å². The van der Waals surface area contributed by atoms with Gasteiger partial charge in [0, 0.05) is 30.9 Å². The quantitative estimate of drug-likeness (QED) is 0.566. The molecule has 0 atom stereocenters.